The molecule has 0 aliphatic carbocycles. The van der Waals surface area contributed by atoms with Crippen LogP contribution in [0.3, 0.4) is 0 Å². The number of aromatic nitrogens is 2. The molecule has 0 aliphatic rings. The van der Waals surface area contributed by atoms with Gasteiger partial charge in [-0.2, -0.15) is 0 Å². The number of halogens is 3. The molecule has 0 saturated carbocycles. The predicted molar refractivity (Wildman–Crippen MR) is 86.0 cm³/mol. The van der Waals surface area contributed by atoms with E-state index in [1.54, 1.807) is 18.2 Å². The largest absolute Gasteiger partial charge is 0.354 e. The summed E-state index contributed by atoms with van der Waals surface area (Å²) >= 11 is 0. The van der Waals surface area contributed by atoms with E-state index in [0.29, 0.717) is 24.6 Å². The van der Waals surface area contributed by atoms with Gasteiger partial charge in [0.15, 0.2) is 0 Å². The molecule has 3 rings (SSSR count). The molecular formula is C18H14F3N3. The third kappa shape index (κ3) is 3.90. The van der Waals surface area contributed by atoms with Gasteiger partial charge < -0.3 is 5.32 Å². The fraction of sp³-hybridized carbons (Fsp3) is 0.111. The van der Waals surface area contributed by atoms with Crippen molar-refractivity contribution in [3.63, 3.8) is 0 Å². The van der Waals surface area contributed by atoms with Crippen LogP contribution in [-0.4, -0.2) is 16.5 Å². The second-order valence-corrected chi connectivity index (χ2v) is 5.19. The zero-order valence-corrected chi connectivity index (χ0v) is 12.6. The van der Waals surface area contributed by atoms with Crippen molar-refractivity contribution in [2.45, 2.75) is 6.42 Å². The lowest BCUT2D eigenvalue weighted by Crippen LogP contribution is -2.08. The molecule has 122 valence electrons. The van der Waals surface area contributed by atoms with Gasteiger partial charge in [0.05, 0.1) is 5.69 Å². The maximum atomic E-state index is 13.8. The van der Waals surface area contributed by atoms with Crippen molar-refractivity contribution in [2.75, 3.05) is 11.9 Å². The first-order valence-corrected chi connectivity index (χ1v) is 7.38. The molecule has 2 aromatic carbocycles. The summed E-state index contributed by atoms with van der Waals surface area (Å²) in [6, 6.07) is 11.1. The molecule has 1 heterocycles. The molecule has 0 atom stereocenters. The molecule has 6 heteroatoms. The molecule has 0 amide bonds. The second-order valence-electron chi connectivity index (χ2n) is 5.19. The molecule has 0 unspecified atom stereocenters. The molecule has 0 saturated heterocycles. The Bertz CT molecular complexity index is 835. The van der Waals surface area contributed by atoms with E-state index in [-0.39, 0.29) is 11.4 Å². The maximum absolute atomic E-state index is 13.8. The number of benzene rings is 2. The van der Waals surface area contributed by atoms with E-state index in [1.165, 1.54) is 30.5 Å². The molecule has 0 bridgehead atoms. The Balaban J connectivity index is 1.68. The van der Waals surface area contributed by atoms with E-state index >= 15 is 0 Å². The summed E-state index contributed by atoms with van der Waals surface area (Å²) in [4.78, 5) is 8.31. The van der Waals surface area contributed by atoms with Gasteiger partial charge in [-0.3, -0.25) is 0 Å². The highest BCUT2D eigenvalue weighted by atomic mass is 19.1. The third-order valence-corrected chi connectivity index (χ3v) is 3.47. The Morgan fingerprint density at radius 1 is 0.875 bits per heavy atom. The third-order valence-electron chi connectivity index (χ3n) is 3.47. The lowest BCUT2D eigenvalue weighted by molar-refractivity contribution is 0.585. The van der Waals surface area contributed by atoms with E-state index in [1.807, 2.05) is 0 Å². The average Bonchev–Trinajstić information content (AvgIpc) is 2.57. The Kier molecular flexibility index (Phi) is 4.74. The first kappa shape index (κ1) is 16.0. The summed E-state index contributed by atoms with van der Waals surface area (Å²) in [5.41, 5.74) is 1.55. The van der Waals surface area contributed by atoms with Crippen LogP contribution < -0.4 is 5.32 Å². The van der Waals surface area contributed by atoms with Crippen LogP contribution in [0.2, 0.25) is 0 Å². The number of hydrogen-bond donors (Lipinski definition) is 1. The van der Waals surface area contributed by atoms with Gasteiger partial charge in [-0.1, -0.05) is 12.1 Å². The van der Waals surface area contributed by atoms with E-state index in [9.17, 15) is 13.2 Å². The molecular weight excluding hydrogens is 315 g/mol. The Morgan fingerprint density at radius 2 is 1.62 bits per heavy atom. The van der Waals surface area contributed by atoms with Crippen molar-refractivity contribution < 1.29 is 13.2 Å². The van der Waals surface area contributed by atoms with Crippen LogP contribution in [-0.2, 0) is 6.42 Å². The SMILES string of the molecule is Fc1ccc(CCNc2nccc(-c3ccc(F)cc3F)n2)cc1. The summed E-state index contributed by atoms with van der Waals surface area (Å²) in [5, 5.41) is 3.04. The zero-order valence-electron chi connectivity index (χ0n) is 12.6. The van der Waals surface area contributed by atoms with Crippen molar-refractivity contribution in [1.82, 2.24) is 9.97 Å². The van der Waals surface area contributed by atoms with Gasteiger partial charge in [0.1, 0.15) is 17.5 Å². The van der Waals surface area contributed by atoms with Crippen molar-refractivity contribution in [2.24, 2.45) is 0 Å². The van der Waals surface area contributed by atoms with Gasteiger partial charge in [-0.05, 0) is 42.3 Å². The van der Waals surface area contributed by atoms with E-state index in [4.69, 9.17) is 0 Å². The zero-order chi connectivity index (χ0) is 16.9. The molecule has 3 aromatic rings. The van der Waals surface area contributed by atoms with E-state index < -0.39 is 11.6 Å². The van der Waals surface area contributed by atoms with Crippen LogP contribution in [0.4, 0.5) is 19.1 Å². The highest BCUT2D eigenvalue weighted by molar-refractivity contribution is 5.60. The molecule has 0 spiro atoms. The minimum absolute atomic E-state index is 0.209. The monoisotopic (exact) mass is 329 g/mol. The van der Waals surface area contributed by atoms with E-state index in [0.717, 1.165) is 11.6 Å². The van der Waals surface area contributed by atoms with Crippen molar-refractivity contribution in [3.05, 3.63) is 77.7 Å². The van der Waals surface area contributed by atoms with Gasteiger partial charge in [0.2, 0.25) is 5.95 Å². The summed E-state index contributed by atoms with van der Waals surface area (Å²) in [7, 11) is 0. The standard InChI is InChI=1S/C18H14F3N3/c19-13-3-1-12(2-4-13)7-9-22-18-23-10-8-17(24-18)15-6-5-14(20)11-16(15)21/h1-6,8,10-11H,7,9H2,(H,22,23,24). The van der Waals surface area contributed by atoms with Crippen LogP contribution >= 0.6 is 0 Å². The fourth-order valence-electron chi connectivity index (χ4n) is 2.26. The van der Waals surface area contributed by atoms with Crippen LogP contribution in [0, 0.1) is 17.5 Å². The summed E-state index contributed by atoms with van der Waals surface area (Å²) in [6.07, 6.45) is 2.17. The number of nitrogens with zero attached hydrogens (tertiary/aromatic N) is 2. The number of nitrogens with one attached hydrogen (secondary N) is 1. The topological polar surface area (TPSA) is 37.8 Å². The fourth-order valence-corrected chi connectivity index (χ4v) is 2.26. The molecule has 0 fully saturated rings. The first-order valence-electron chi connectivity index (χ1n) is 7.38. The predicted octanol–water partition coefficient (Wildman–Crippen LogP) is 4.22. The first-order chi connectivity index (χ1) is 11.6. The smallest absolute Gasteiger partial charge is 0.223 e. The summed E-state index contributed by atoms with van der Waals surface area (Å²) in [6.45, 7) is 0.543. The summed E-state index contributed by atoms with van der Waals surface area (Å²) < 4.78 is 39.7. The minimum Gasteiger partial charge on any atom is -0.354 e. The quantitative estimate of drug-likeness (QED) is 0.762. The molecule has 1 N–H and O–H groups in total. The number of anilines is 1. The molecule has 24 heavy (non-hydrogen) atoms. The average molecular weight is 329 g/mol. The van der Waals surface area contributed by atoms with Crippen molar-refractivity contribution >= 4 is 5.95 Å². The number of hydrogen-bond acceptors (Lipinski definition) is 3. The van der Waals surface area contributed by atoms with Crippen LogP contribution in [0.1, 0.15) is 5.56 Å². The van der Waals surface area contributed by atoms with Crippen molar-refractivity contribution in [3.8, 4) is 11.3 Å². The van der Waals surface area contributed by atoms with Crippen LogP contribution in [0.5, 0.6) is 0 Å². The Morgan fingerprint density at radius 3 is 2.38 bits per heavy atom. The van der Waals surface area contributed by atoms with Gasteiger partial charge in [-0.25, -0.2) is 23.1 Å². The van der Waals surface area contributed by atoms with Gasteiger partial charge in [0.25, 0.3) is 0 Å². The molecule has 1 aromatic heterocycles. The second kappa shape index (κ2) is 7.12. The van der Waals surface area contributed by atoms with Gasteiger partial charge in [-0.15, -0.1) is 0 Å². The van der Waals surface area contributed by atoms with E-state index in [2.05, 4.69) is 15.3 Å². The highest BCUT2D eigenvalue weighted by Crippen LogP contribution is 2.22. The normalized spacial score (nSPS) is 10.6. The maximum Gasteiger partial charge on any atom is 0.223 e. The van der Waals surface area contributed by atoms with Gasteiger partial charge >= 0.3 is 0 Å². The molecule has 3 nitrogen and oxygen atoms in total. The van der Waals surface area contributed by atoms with Crippen LogP contribution in [0.15, 0.2) is 54.7 Å². The van der Waals surface area contributed by atoms with Crippen molar-refractivity contribution in [1.29, 1.82) is 0 Å². The Hall–Kier alpha value is -2.89. The molecule has 0 aliphatic heterocycles. The lowest BCUT2D eigenvalue weighted by Gasteiger charge is -2.07. The minimum atomic E-state index is -0.675. The number of rotatable bonds is 5. The molecule has 0 radical (unpaired) electrons. The van der Waals surface area contributed by atoms with Gasteiger partial charge in [0, 0.05) is 24.4 Å². The summed E-state index contributed by atoms with van der Waals surface area (Å²) in [5.74, 6) is -1.24. The Labute approximate surface area is 137 Å². The van der Waals surface area contributed by atoms with Crippen LogP contribution in [0.25, 0.3) is 11.3 Å². The lowest BCUT2D eigenvalue weighted by atomic mass is 10.1. The highest BCUT2D eigenvalue weighted by Gasteiger charge is 2.08.